The van der Waals surface area contributed by atoms with Crippen LogP contribution in [-0.2, 0) is 19.0 Å². The van der Waals surface area contributed by atoms with Crippen molar-refractivity contribution in [3.8, 4) is 0 Å². The summed E-state index contributed by atoms with van der Waals surface area (Å²) in [6.07, 6.45) is 6.08. The highest BCUT2D eigenvalue weighted by atomic mass is 16.7. The lowest BCUT2D eigenvalue weighted by molar-refractivity contribution is -0.248. The summed E-state index contributed by atoms with van der Waals surface area (Å²) in [5, 5.41) is 37.3. The van der Waals surface area contributed by atoms with Crippen molar-refractivity contribution in [2.75, 3.05) is 32.8 Å². The molecule has 0 aromatic carbocycles. The minimum Gasteiger partial charge on any atom is -0.390 e. The van der Waals surface area contributed by atoms with E-state index in [0.717, 1.165) is 45.2 Å². The molecule has 8 fully saturated rings. The number of aliphatic hydroxyl groups is 3. The van der Waals surface area contributed by atoms with E-state index in [1.807, 2.05) is 4.90 Å². The molecule has 3 heterocycles. The van der Waals surface area contributed by atoms with E-state index in [0.29, 0.717) is 43.9 Å². The molecule has 0 radical (unpaired) electrons. The van der Waals surface area contributed by atoms with Gasteiger partial charge in [-0.3, -0.25) is 4.79 Å². The predicted octanol–water partition coefficient (Wildman–Crippen LogP) is 3.72. The third kappa shape index (κ3) is 4.35. The van der Waals surface area contributed by atoms with Crippen LogP contribution >= 0.6 is 0 Å². The van der Waals surface area contributed by atoms with Gasteiger partial charge in [0.25, 0.3) is 0 Å². The number of morpholine rings is 1. The molecule has 5 aliphatic carbocycles. The lowest BCUT2D eigenvalue weighted by Gasteiger charge is -2.64. The van der Waals surface area contributed by atoms with E-state index in [2.05, 4.69) is 39.9 Å². The van der Waals surface area contributed by atoms with Crippen molar-refractivity contribution in [3.63, 3.8) is 0 Å². The minimum absolute atomic E-state index is 0.0116. The number of nitrogens with one attached hydrogen (secondary N) is 1. The average molecular weight is 659 g/mol. The van der Waals surface area contributed by atoms with E-state index >= 15 is 0 Å². The van der Waals surface area contributed by atoms with E-state index in [9.17, 15) is 20.1 Å². The molecule has 47 heavy (non-hydrogen) atoms. The van der Waals surface area contributed by atoms with Gasteiger partial charge >= 0.3 is 0 Å². The number of ether oxygens (including phenoxy) is 3. The molecule has 14 atom stereocenters. The Morgan fingerprint density at radius 2 is 1.74 bits per heavy atom. The predicted molar refractivity (Wildman–Crippen MR) is 176 cm³/mol. The molecule has 0 aromatic rings. The van der Waals surface area contributed by atoms with Gasteiger partial charge in [-0.2, -0.15) is 0 Å². The van der Waals surface area contributed by atoms with Crippen molar-refractivity contribution in [2.45, 2.75) is 142 Å². The molecule has 3 aliphatic heterocycles. The number of amides is 1. The summed E-state index contributed by atoms with van der Waals surface area (Å²) >= 11 is 0. The molecule has 266 valence electrons. The number of nitrogens with zero attached hydrogens (tertiary/aromatic N) is 1. The van der Waals surface area contributed by atoms with Crippen LogP contribution in [0.1, 0.15) is 99.8 Å². The van der Waals surface area contributed by atoms with Gasteiger partial charge in [0.1, 0.15) is 6.10 Å². The third-order valence-electron chi connectivity index (χ3n) is 16.6. The second kappa shape index (κ2) is 10.6. The van der Waals surface area contributed by atoms with Gasteiger partial charge in [0.05, 0.1) is 49.1 Å². The number of carbonyl (C=O) groups is 1. The Balaban J connectivity index is 1.01. The summed E-state index contributed by atoms with van der Waals surface area (Å²) in [5.74, 6) is 1.85. The highest BCUT2D eigenvalue weighted by Crippen LogP contribution is 2.89. The number of aliphatic hydroxyl groups excluding tert-OH is 2. The minimum atomic E-state index is -1.26. The van der Waals surface area contributed by atoms with E-state index in [1.165, 1.54) is 12.8 Å². The van der Waals surface area contributed by atoms with Gasteiger partial charge in [-0.05, 0) is 111 Å². The highest BCUT2D eigenvalue weighted by molar-refractivity contribution is 5.80. The highest BCUT2D eigenvalue weighted by Gasteiger charge is 2.84. The molecule has 2 spiro atoms. The Morgan fingerprint density at radius 1 is 1.04 bits per heavy atom. The molecule has 4 N–H and O–H groups in total. The first-order chi connectivity index (χ1) is 22.0. The van der Waals surface area contributed by atoms with Crippen LogP contribution in [0.3, 0.4) is 0 Å². The first-order valence-electron chi connectivity index (χ1n) is 19.0. The van der Waals surface area contributed by atoms with Crippen molar-refractivity contribution in [2.24, 2.45) is 56.7 Å². The van der Waals surface area contributed by atoms with E-state index in [1.54, 1.807) is 13.8 Å². The summed E-state index contributed by atoms with van der Waals surface area (Å²) in [6, 6.07) is 0. The molecule has 5 saturated carbocycles. The fourth-order valence-electron chi connectivity index (χ4n) is 14.0. The van der Waals surface area contributed by atoms with Crippen LogP contribution in [-0.4, -0.2) is 101 Å². The zero-order valence-electron chi connectivity index (χ0n) is 30.0. The summed E-state index contributed by atoms with van der Waals surface area (Å²) in [5.41, 5.74) is -1.04. The second-order valence-corrected chi connectivity index (χ2v) is 19.2. The van der Waals surface area contributed by atoms with Crippen LogP contribution in [0, 0.1) is 56.7 Å². The largest absolute Gasteiger partial charge is 0.390 e. The standard InChI is InChI=1S/C38H62N2O7/c1-21-16-23(30(41)34(4,5)44)46-29-28(21)35(6)12-13-38-20-37(38)11-10-26(33(2,3)24(37)8-9-25(38)36(35,7)31(29)42)47-27-19-40(14-15-45-27)32(43)22-17-39-18-22/h21-31,39,41-42,44H,8-20H2,1-7H3/t21-,23?,24+,25?,26?,27?,28?,29?,30?,31+,35?,36-,37?,38?/m1/s1. The maximum Gasteiger partial charge on any atom is 0.228 e. The Hall–Kier alpha value is -0.810. The van der Waals surface area contributed by atoms with Gasteiger partial charge < -0.3 is 39.7 Å². The summed E-state index contributed by atoms with van der Waals surface area (Å²) < 4.78 is 19.6. The Morgan fingerprint density at radius 3 is 2.43 bits per heavy atom. The average Bonchev–Trinajstić information content (AvgIpc) is 3.61. The van der Waals surface area contributed by atoms with Gasteiger partial charge in [0, 0.05) is 25.0 Å². The smallest absolute Gasteiger partial charge is 0.228 e. The number of carbonyl (C=O) groups excluding carboxylic acids is 1. The molecule has 0 aromatic heterocycles. The summed E-state index contributed by atoms with van der Waals surface area (Å²) in [4.78, 5) is 14.9. The third-order valence-corrected chi connectivity index (χ3v) is 16.6. The molecule has 0 bridgehead atoms. The first-order valence-corrected chi connectivity index (χ1v) is 19.0. The van der Waals surface area contributed by atoms with Crippen LogP contribution in [0.25, 0.3) is 0 Å². The Kier molecular flexibility index (Phi) is 7.53. The van der Waals surface area contributed by atoms with Crippen LogP contribution in [0.5, 0.6) is 0 Å². The molecule has 8 aliphatic rings. The van der Waals surface area contributed by atoms with Crippen molar-refractivity contribution >= 4 is 5.91 Å². The zero-order valence-corrected chi connectivity index (χ0v) is 30.0. The number of rotatable bonds is 5. The lowest BCUT2D eigenvalue weighted by atomic mass is 9.41. The maximum atomic E-state index is 13.0. The van der Waals surface area contributed by atoms with Gasteiger partial charge in [-0.15, -0.1) is 0 Å². The molecule has 8 rings (SSSR count). The van der Waals surface area contributed by atoms with Gasteiger partial charge in [0.2, 0.25) is 5.91 Å². The summed E-state index contributed by atoms with van der Waals surface area (Å²) in [6.45, 7) is 18.5. The fourth-order valence-corrected chi connectivity index (χ4v) is 14.0. The number of hydrogen-bond donors (Lipinski definition) is 4. The van der Waals surface area contributed by atoms with Gasteiger partial charge in [0.15, 0.2) is 6.29 Å². The lowest BCUT2D eigenvalue weighted by Crippen LogP contribution is -2.60. The van der Waals surface area contributed by atoms with Crippen molar-refractivity contribution in [1.29, 1.82) is 0 Å². The van der Waals surface area contributed by atoms with Crippen molar-refractivity contribution in [1.82, 2.24) is 10.2 Å². The second-order valence-electron chi connectivity index (χ2n) is 19.2. The van der Waals surface area contributed by atoms with Crippen molar-refractivity contribution in [3.05, 3.63) is 0 Å². The summed E-state index contributed by atoms with van der Waals surface area (Å²) in [7, 11) is 0. The Bertz CT molecular complexity index is 1270. The maximum absolute atomic E-state index is 13.0. The van der Waals surface area contributed by atoms with Crippen LogP contribution in [0.2, 0.25) is 0 Å². The number of fused-ring (bicyclic) bond motifs is 4. The normalized spacial score (nSPS) is 52.6. The van der Waals surface area contributed by atoms with E-state index in [-0.39, 0.29) is 63.3 Å². The SMILES string of the molecule is C[C@@H]1CC(C(O)C(C)(C)O)OC2C1C1(C)CCC34CC35CCC(OC3CN(C(=O)C6CNC6)CCO3)C(C)(C)[C@@H]5CCC4[C@]1(C)[C@H]2O. The molecule has 10 unspecified atom stereocenters. The van der Waals surface area contributed by atoms with Crippen LogP contribution in [0.4, 0.5) is 0 Å². The van der Waals surface area contributed by atoms with E-state index in [4.69, 9.17) is 14.2 Å². The quantitative estimate of drug-likeness (QED) is 0.353. The number of hydrogen-bond acceptors (Lipinski definition) is 8. The monoisotopic (exact) mass is 658 g/mol. The topological polar surface area (TPSA) is 121 Å². The van der Waals surface area contributed by atoms with Crippen molar-refractivity contribution < 1.29 is 34.3 Å². The zero-order chi connectivity index (χ0) is 33.5. The molecule has 9 nitrogen and oxygen atoms in total. The fraction of sp³-hybridized carbons (Fsp3) is 0.974. The molecule has 1 amide bonds. The van der Waals surface area contributed by atoms with Gasteiger partial charge in [-0.1, -0.05) is 34.6 Å². The van der Waals surface area contributed by atoms with E-state index < -0.39 is 23.9 Å². The molecular formula is C38H62N2O7. The van der Waals surface area contributed by atoms with Gasteiger partial charge in [-0.25, -0.2) is 0 Å². The van der Waals surface area contributed by atoms with Crippen LogP contribution in [0.15, 0.2) is 0 Å². The Labute approximate surface area is 281 Å². The molecule has 3 saturated heterocycles. The molecule has 9 heteroatoms. The van der Waals surface area contributed by atoms with Crippen LogP contribution < -0.4 is 5.32 Å². The first kappa shape index (κ1) is 33.3. The molecular weight excluding hydrogens is 596 g/mol.